The number of methoxy groups -OCH3 is 1. The first-order chi connectivity index (χ1) is 12.6. The molecule has 0 spiro atoms. The van der Waals surface area contributed by atoms with Gasteiger partial charge in [-0.15, -0.1) is 0 Å². The third-order valence-corrected chi connectivity index (χ3v) is 4.69. The third-order valence-electron chi connectivity index (χ3n) is 4.69. The first-order valence-electron chi connectivity index (χ1n) is 9.03. The molecule has 2 aromatic rings. The Balaban J connectivity index is 1.58. The van der Waals surface area contributed by atoms with Gasteiger partial charge in [-0.25, -0.2) is 9.67 Å². The summed E-state index contributed by atoms with van der Waals surface area (Å²) in [7, 11) is 3.59. The smallest absolute Gasteiger partial charge is 0.193 e. The summed E-state index contributed by atoms with van der Waals surface area (Å²) in [5.41, 5.74) is 3.20. The summed E-state index contributed by atoms with van der Waals surface area (Å²) < 4.78 is 7.14. The lowest BCUT2D eigenvalue weighted by Gasteiger charge is -2.21. The fourth-order valence-electron chi connectivity index (χ4n) is 3.42. The number of ether oxygens (including phenoxy) is 1. The van der Waals surface area contributed by atoms with E-state index in [9.17, 15) is 0 Å². The van der Waals surface area contributed by atoms with Crippen molar-refractivity contribution in [3.63, 3.8) is 0 Å². The molecule has 140 valence electrons. The largest absolute Gasteiger partial charge is 0.384 e. The minimum Gasteiger partial charge on any atom is -0.384 e. The number of guanidine groups is 1. The SMILES string of the molecule is CN=C(NCc1ccc(-n2nc(C)cc2C)nc1)N1CCC(COC)C1. The van der Waals surface area contributed by atoms with Gasteiger partial charge in [0.2, 0.25) is 0 Å². The van der Waals surface area contributed by atoms with Crippen molar-refractivity contribution >= 4 is 5.96 Å². The van der Waals surface area contributed by atoms with Gasteiger partial charge in [-0.05, 0) is 38.0 Å². The van der Waals surface area contributed by atoms with E-state index in [0.717, 1.165) is 54.8 Å². The zero-order chi connectivity index (χ0) is 18.5. The number of aryl methyl sites for hydroxylation is 2. The molecule has 26 heavy (non-hydrogen) atoms. The minimum absolute atomic E-state index is 0.584. The van der Waals surface area contributed by atoms with Crippen LogP contribution in [0.2, 0.25) is 0 Å². The maximum Gasteiger partial charge on any atom is 0.193 e. The van der Waals surface area contributed by atoms with E-state index < -0.39 is 0 Å². The number of nitrogens with one attached hydrogen (secondary N) is 1. The van der Waals surface area contributed by atoms with Crippen molar-refractivity contribution in [2.75, 3.05) is 33.9 Å². The van der Waals surface area contributed by atoms with E-state index in [0.29, 0.717) is 12.5 Å². The van der Waals surface area contributed by atoms with Gasteiger partial charge in [0.25, 0.3) is 0 Å². The molecule has 7 heteroatoms. The van der Waals surface area contributed by atoms with E-state index >= 15 is 0 Å². The summed E-state index contributed by atoms with van der Waals surface area (Å²) in [4.78, 5) is 11.3. The highest BCUT2D eigenvalue weighted by molar-refractivity contribution is 5.80. The van der Waals surface area contributed by atoms with Crippen LogP contribution < -0.4 is 5.32 Å². The number of nitrogens with zero attached hydrogens (tertiary/aromatic N) is 5. The maximum atomic E-state index is 5.27. The third kappa shape index (κ3) is 4.22. The van der Waals surface area contributed by atoms with Gasteiger partial charge in [0.05, 0.1) is 12.3 Å². The molecule has 1 unspecified atom stereocenters. The van der Waals surface area contributed by atoms with Crippen LogP contribution in [0.1, 0.15) is 23.4 Å². The molecular formula is C19H28N6O. The van der Waals surface area contributed by atoms with E-state index in [1.165, 1.54) is 0 Å². The van der Waals surface area contributed by atoms with Crippen molar-refractivity contribution in [1.82, 2.24) is 25.0 Å². The van der Waals surface area contributed by atoms with E-state index in [4.69, 9.17) is 4.74 Å². The zero-order valence-corrected chi connectivity index (χ0v) is 16.1. The van der Waals surface area contributed by atoms with Crippen LogP contribution in [-0.2, 0) is 11.3 Å². The van der Waals surface area contributed by atoms with Crippen LogP contribution in [0.25, 0.3) is 5.82 Å². The number of rotatable bonds is 5. The molecule has 1 atom stereocenters. The molecule has 0 radical (unpaired) electrons. The molecule has 2 aromatic heterocycles. The number of hydrogen-bond donors (Lipinski definition) is 1. The Kier molecular flexibility index (Phi) is 5.88. The summed E-state index contributed by atoms with van der Waals surface area (Å²) in [5.74, 6) is 2.36. The highest BCUT2D eigenvalue weighted by Crippen LogP contribution is 2.16. The lowest BCUT2D eigenvalue weighted by atomic mass is 10.1. The van der Waals surface area contributed by atoms with Crippen LogP contribution >= 0.6 is 0 Å². The summed E-state index contributed by atoms with van der Waals surface area (Å²) in [5, 5.41) is 7.91. The Morgan fingerprint density at radius 1 is 1.38 bits per heavy atom. The van der Waals surface area contributed by atoms with Crippen LogP contribution in [-0.4, -0.2) is 59.5 Å². The van der Waals surface area contributed by atoms with Crippen LogP contribution in [0, 0.1) is 19.8 Å². The van der Waals surface area contributed by atoms with E-state index in [2.05, 4.69) is 31.4 Å². The molecule has 0 bridgehead atoms. The number of pyridine rings is 1. The first kappa shape index (κ1) is 18.4. The quantitative estimate of drug-likeness (QED) is 0.655. The summed E-state index contributed by atoms with van der Waals surface area (Å²) in [6.07, 6.45) is 3.04. The molecule has 0 saturated carbocycles. The Morgan fingerprint density at radius 3 is 2.85 bits per heavy atom. The topological polar surface area (TPSA) is 67.6 Å². The molecular weight excluding hydrogens is 328 g/mol. The van der Waals surface area contributed by atoms with Crippen molar-refractivity contribution < 1.29 is 4.74 Å². The fourth-order valence-corrected chi connectivity index (χ4v) is 3.42. The van der Waals surface area contributed by atoms with Gasteiger partial charge in [0.15, 0.2) is 11.8 Å². The van der Waals surface area contributed by atoms with Gasteiger partial charge in [0.1, 0.15) is 0 Å². The van der Waals surface area contributed by atoms with Gasteiger partial charge in [-0.2, -0.15) is 5.10 Å². The van der Waals surface area contributed by atoms with Gasteiger partial charge >= 0.3 is 0 Å². The van der Waals surface area contributed by atoms with Gasteiger partial charge in [0, 0.05) is 51.6 Å². The highest BCUT2D eigenvalue weighted by Gasteiger charge is 2.24. The fraction of sp³-hybridized carbons (Fsp3) is 0.526. The van der Waals surface area contributed by atoms with Gasteiger partial charge in [-0.3, -0.25) is 4.99 Å². The lowest BCUT2D eigenvalue weighted by molar-refractivity contribution is 0.157. The number of aromatic nitrogens is 3. The van der Waals surface area contributed by atoms with Crippen molar-refractivity contribution in [1.29, 1.82) is 0 Å². The van der Waals surface area contributed by atoms with Crippen LogP contribution in [0.5, 0.6) is 0 Å². The second kappa shape index (κ2) is 8.31. The average Bonchev–Trinajstić information content (AvgIpc) is 3.23. The van der Waals surface area contributed by atoms with E-state index in [1.54, 1.807) is 7.11 Å². The van der Waals surface area contributed by atoms with Crippen molar-refractivity contribution in [3.05, 3.63) is 41.3 Å². The Hall–Kier alpha value is -2.41. The van der Waals surface area contributed by atoms with Gasteiger partial charge in [-0.1, -0.05) is 6.07 Å². The Morgan fingerprint density at radius 2 is 2.23 bits per heavy atom. The minimum atomic E-state index is 0.584. The maximum absolute atomic E-state index is 5.27. The summed E-state index contributed by atoms with van der Waals surface area (Å²) in [6.45, 7) is 7.54. The first-order valence-corrected chi connectivity index (χ1v) is 9.03. The summed E-state index contributed by atoms with van der Waals surface area (Å²) >= 11 is 0. The van der Waals surface area contributed by atoms with Crippen molar-refractivity contribution in [2.24, 2.45) is 10.9 Å². The molecule has 3 rings (SSSR count). The molecule has 0 aliphatic carbocycles. The standard InChI is InChI=1S/C19H28N6O/c1-14-9-15(2)25(23-14)18-6-5-16(10-21-18)11-22-19(20-3)24-8-7-17(12-24)13-26-4/h5-6,9-10,17H,7-8,11-13H2,1-4H3,(H,20,22). The second-order valence-electron chi connectivity index (χ2n) is 6.82. The number of likely N-dealkylation sites (tertiary alicyclic amines) is 1. The van der Waals surface area contributed by atoms with Crippen molar-refractivity contribution in [2.45, 2.75) is 26.8 Å². The normalized spacial score (nSPS) is 17.8. The number of hydrogen-bond acceptors (Lipinski definition) is 4. The van der Waals surface area contributed by atoms with E-state index in [-0.39, 0.29) is 0 Å². The molecule has 0 amide bonds. The highest BCUT2D eigenvalue weighted by atomic mass is 16.5. The molecule has 0 aromatic carbocycles. The second-order valence-corrected chi connectivity index (χ2v) is 6.82. The molecule has 1 aliphatic rings. The molecule has 7 nitrogen and oxygen atoms in total. The molecule has 1 saturated heterocycles. The molecule has 1 N–H and O–H groups in total. The van der Waals surface area contributed by atoms with Crippen molar-refractivity contribution in [3.8, 4) is 5.82 Å². The molecule has 1 aliphatic heterocycles. The Bertz CT molecular complexity index is 752. The Labute approximate surface area is 155 Å². The van der Waals surface area contributed by atoms with Gasteiger partial charge < -0.3 is 15.0 Å². The average molecular weight is 356 g/mol. The lowest BCUT2D eigenvalue weighted by Crippen LogP contribution is -2.39. The van der Waals surface area contributed by atoms with Crippen LogP contribution in [0.3, 0.4) is 0 Å². The van der Waals surface area contributed by atoms with Crippen LogP contribution in [0.4, 0.5) is 0 Å². The predicted octanol–water partition coefficient (Wildman–Crippen LogP) is 1.93. The number of aliphatic imine (C=N–C) groups is 1. The molecule has 3 heterocycles. The molecule has 1 fully saturated rings. The summed E-state index contributed by atoms with van der Waals surface area (Å²) in [6, 6.07) is 6.13. The zero-order valence-electron chi connectivity index (χ0n) is 16.1. The monoisotopic (exact) mass is 356 g/mol. The van der Waals surface area contributed by atoms with E-state index in [1.807, 2.05) is 43.9 Å². The predicted molar refractivity (Wildman–Crippen MR) is 103 cm³/mol. The van der Waals surface area contributed by atoms with Crippen LogP contribution in [0.15, 0.2) is 29.4 Å².